The summed E-state index contributed by atoms with van der Waals surface area (Å²) in [6.45, 7) is 0.365. The molecule has 0 aliphatic carbocycles. The van der Waals surface area contributed by atoms with Crippen molar-refractivity contribution in [1.82, 2.24) is 24.2 Å². The van der Waals surface area contributed by atoms with E-state index in [0.717, 1.165) is 12.1 Å². The lowest BCUT2D eigenvalue weighted by atomic mass is 9.87. The Bertz CT molecular complexity index is 1290. The third kappa shape index (κ3) is 5.38. The number of nitrogens with one attached hydrogen (secondary N) is 1. The lowest BCUT2D eigenvalue weighted by Gasteiger charge is -2.35. The maximum atomic E-state index is 13.5. The Morgan fingerprint density at radius 3 is 2.37 bits per heavy atom. The van der Waals surface area contributed by atoms with Gasteiger partial charge in [-0.15, -0.1) is 0 Å². The van der Waals surface area contributed by atoms with E-state index in [1.54, 1.807) is 36.0 Å². The fraction of sp³-hybridized carbons (Fsp3) is 0.348. The number of carbonyl (C=O) groups is 1. The molecule has 12 heteroatoms. The number of nitrogens with zero attached hydrogens (tertiary/aromatic N) is 4. The van der Waals surface area contributed by atoms with Gasteiger partial charge in [-0.3, -0.25) is 9.78 Å². The number of rotatable bonds is 6. The van der Waals surface area contributed by atoms with Crippen molar-refractivity contribution in [3.63, 3.8) is 0 Å². The molecular formula is C23H24F3N5O3S. The molecule has 8 nitrogen and oxygen atoms in total. The number of halogens is 3. The van der Waals surface area contributed by atoms with Gasteiger partial charge in [0.1, 0.15) is 0 Å². The van der Waals surface area contributed by atoms with Crippen molar-refractivity contribution in [2.24, 2.45) is 13.0 Å². The summed E-state index contributed by atoms with van der Waals surface area (Å²) >= 11 is 0. The molecule has 1 aliphatic heterocycles. The Morgan fingerprint density at radius 2 is 1.77 bits per heavy atom. The summed E-state index contributed by atoms with van der Waals surface area (Å²) in [6, 6.07) is 9.03. The quantitative estimate of drug-likeness (QED) is 0.552. The predicted octanol–water partition coefficient (Wildman–Crippen LogP) is 3.41. The predicted molar refractivity (Wildman–Crippen MR) is 121 cm³/mol. The van der Waals surface area contributed by atoms with Crippen molar-refractivity contribution in [2.75, 3.05) is 13.1 Å². The number of pyridine rings is 1. The number of aryl methyl sites for hydroxylation is 1. The van der Waals surface area contributed by atoms with E-state index in [2.05, 4.69) is 15.3 Å². The van der Waals surface area contributed by atoms with E-state index >= 15 is 0 Å². The molecule has 2 aromatic heterocycles. The first kappa shape index (κ1) is 24.9. The van der Waals surface area contributed by atoms with Crippen molar-refractivity contribution in [1.29, 1.82) is 0 Å². The van der Waals surface area contributed by atoms with E-state index in [1.807, 2.05) is 0 Å². The van der Waals surface area contributed by atoms with Gasteiger partial charge in [0.15, 0.2) is 5.03 Å². The monoisotopic (exact) mass is 507 g/mol. The lowest BCUT2D eigenvalue weighted by Crippen LogP contribution is -2.43. The van der Waals surface area contributed by atoms with Gasteiger partial charge in [0.05, 0.1) is 29.2 Å². The van der Waals surface area contributed by atoms with Crippen LogP contribution in [-0.4, -0.2) is 46.3 Å². The highest BCUT2D eigenvalue weighted by molar-refractivity contribution is 7.89. The maximum Gasteiger partial charge on any atom is 0.417 e. The summed E-state index contributed by atoms with van der Waals surface area (Å²) < 4.78 is 69.1. The highest BCUT2D eigenvalue weighted by atomic mass is 32.2. The van der Waals surface area contributed by atoms with Crippen molar-refractivity contribution in [3.8, 4) is 0 Å². The van der Waals surface area contributed by atoms with Gasteiger partial charge in [-0.05, 0) is 43.0 Å². The van der Waals surface area contributed by atoms with Crippen LogP contribution in [0, 0.1) is 5.92 Å². The number of benzene rings is 1. The average molecular weight is 508 g/mol. The van der Waals surface area contributed by atoms with Crippen molar-refractivity contribution in [2.45, 2.75) is 30.1 Å². The van der Waals surface area contributed by atoms with Crippen LogP contribution in [0.4, 0.5) is 13.2 Å². The molecule has 1 unspecified atom stereocenters. The second-order valence-corrected chi connectivity index (χ2v) is 10.3. The molecule has 1 saturated heterocycles. The van der Waals surface area contributed by atoms with Crippen LogP contribution in [-0.2, 0) is 23.2 Å². The van der Waals surface area contributed by atoms with Gasteiger partial charge in [-0.2, -0.15) is 17.5 Å². The van der Waals surface area contributed by atoms with E-state index in [1.165, 1.54) is 29.0 Å². The molecule has 1 atom stereocenters. The topological polar surface area (TPSA) is 97.2 Å². The van der Waals surface area contributed by atoms with Gasteiger partial charge in [-0.1, -0.05) is 18.2 Å². The number of piperidine rings is 1. The summed E-state index contributed by atoms with van der Waals surface area (Å²) in [6.07, 6.45) is 0.461. The molecule has 1 aromatic carbocycles. The highest BCUT2D eigenvalue weighted by Gasteiger charge is 2.38. The molecule has 0 spiro atoms. The van der Waals surface area contributed by atoms with Gasteiger partial charge in [0.2, 0.25) is 0 Å². The number of alkyl halides is 3. The van der Waals surface area contributed by atoms with Crippen LogP contribution in [0.25, 0.3) is 0 Å². The number of amides is 1. The molecule has 1 fully saturated rings. The van der Waals surface area contributed by atoms with Gasteiger partial charge in [-0.25, -0.2) is 13.4 Å². The normalized spacial score (nSPS) is 16.7. The van der Waals surface area contributed by atoms with Gasteiger partial charge in [0, 0.05) is 32.5 Å². The Labute approximate surface area is 200 Å². The molecule has 3 aromatic rings. The summed E-state index contributed by atoms with van der Waals surface area (Å²) in [5.41, 5.74) is -0.999. The zero-order chi connectivity index (χ0) is 25.2. The highest BCUT2D eigenvalue weighted by Crippen LogP contribution is 2.34. The maximum absolute atomic E-state index is 13.5. The van der Waals surface area contributed by atoms with Crippen molar-refractivity contribution in [3.05, 3.63) is 78.0 Å². The van der Waals surface area contributed by atoms with Crippen LogP contribution < -0.4 is 5.32 Å². The van der Waals surface area contributed by atoms with Crippen LogP contribution in [0.15, 0.2) is 66.2 Å². The second-order valence-electron chi connectivity index (χ2n) is 8.37. The third-order valence-corrected chi connectivity index (χ3v) is 7.81. The molecule has 1 amide bonds. The number of carbonyl (C=O) groups excluding carboxylic acids is 1. The van der Waals surface area contributed by atoms with E-state index in [4.69, 9.17) is 0 Å². The van der Waals surface area contributed by atoms with E-state index in [-0.39, 0.29) is 24.0 Å². The van der Waals surface area contributed by atoms with Crippen LogP contribution >= 0.6 is 0 Å². The fourth-order valence-corrected chi connectivity index (χ4v) is 5.68. The number of sulfonamides is 1. The van der Waals surface area contributed by atoms with E-state index < -0.39 is 39.3 Å². The molecule has 1 aliphatic rings. The number of hydrogen-bond donors (Lipinski definition) is 1. The van der Waals surface area contributed by atoms with Crippen LogP contribution in [0.5, 0.6) is 0 Å². The smallest absolute Gasteiger partial charge is 0.343 e. The van der Waals surface area contributed by atoms with Crippen LogP contribution in [0.3, 0.4) is 0 Å². The fourth-order valence-electron chi connectivity index (χ4n) is 4.24. The summed E-state index contributed by atoms with van der Waals surface area (Å²) in [5.74, 6) is -1.10. The van der Waals surface area contributed by atoms with E-state index in [0.29, 0.717) is 18.5 Å². The largest absolute Gasteiger partial charge is 0.417 e. The zero-order valence-corrected chi connectivity index (χ0v) is 19.6. The van der Waals surface area contributed by atoms with Crippen molar-refractivity contribution < 1.29 is 26.4 Å². The number of imidazole rings is 1. The summed E-state index contributed by atoms with van der Waals surface area (Å²) in [5, 5.41) is 2.69. The Kier molecular flexibility index (Phi) is 6.95. The first-order chi connectivity index (χ1) is 16.6. The van der Waals surface area contributed by atoms with E-state index in [9.17, 15) is 26.4 Å². The minimum absolute atomic E-state index is 0.0446. The number of aromatic nitrogens is 3. The first-order valence-electron chi connectivity index (χ1n) is 10.9. The van der Waals surface area contributed by atoms with Crippen LogP contribution in [0.1, 0.15) is 40.5 Å². The summed E-state index contributed by atoms with van der Waals surface area (Å²) in [4.78, 5) is 21.2. The molecule has 186 valence electrons. The Morgan fingerprint density at radius 1 is 1.09 bits per heavy atom. The molecule has 0 saturated carbocycles. The minimum atomic E-state index is -4.68. The molecular weight excluding hydrogens is 483 g/mol. The average Bonchev–Trinajstić information content (AvgIpc) is 3.30. The molecule has 4 rings (SSSR count). The Balaban J connectivity index is 1.55. The Hall–Kier alpha value is -3.25. The SMILES string of the molecule is Cn1cnc(S(=O)(=O)N2CCC(C(NC(=O)c3ccccc3C(F)(F)F)c3ccccn3)CC2)c1. The minimum Gasteiger partial charge on any atom is -0.343 e. The molecule has 1 N–H and O–H groups in total. The standard InChI is InChI=1S/C23H24F3N5O3S/c1-30-14-20(28-15-30)35(33,34)31-12-9-16(10-13-31)21(19-8-4-5-11-27-19)29-22(32)17-6-2-3-7-18(17)23(24,25)26/h2-8,11,14-16,21H,9-10,12-13H2,1H3,(H,29,32). The first-order valence-corrected chi connectivity index (χ1v) is 12.4. The zero-order valence-electron chi connectivity index (χ0n) is 18.8. The molecule has 0 bridgehead atoms. The second kappa shape index (κ2) is 9.78. The van der Waals surface area contributed by atoms with Gasteiger partial charge >= 0.3 is 6.18 Å². The molecule has 0 radical (unpaired) electrons. The summed E-state index contributed by atoms with van der Waals surface area (Å²) in [7, 11) is -2.09. The van der Waals surface area contributed by atoms with Gasteiger partial charge in [0.25, 0.3) is 15.9 Å². The lowest BCUT2D eigenvalue weighted by molar-refractivity contribution is -0.137. The molecule has 3 heterocycles. The van der Waals surface area contributed by atoms with Crippen LogP contribution in [0.2, 0.25) is 0 Å². The van der Waals surface area contributed by atoms with Crippen molar-refractivity contribution >= 4 is 15.9 Å². The molecule has 35 heavy (non-hydrogen) atoms. The third-order valence-electron chi connectivity index (χ3n) is 6.03. The number of hydrogen-bond acceptors (Lipinski definition) is 5. The van der Waals surface area contributed by atoms with Gasteiger partial charge < -0.3 is 9.88 Å².